The Kier molecular flexibility index (Phi) is 5.65. The smallest absolute Gasteiger partial charge is 0.191 e. The van der Waals surface area contributed by atoms with Crippen LogP contribution in [0.5, 0.6) is 0 Å². The standard InChI is InChI=1S/C18H24N6S/c1-4-19-18(21-11-17-22-12(2)13(3)25-17)20-10-9-16-23-14-7-5-6-8-15(14)24-16/h5-8H,4,9-11H2,1-3H3,(H,23,24)(H2,19,20,21). The number of aliphatic imine (C=N–C) groups is 1. The Morgan fingerprint density at radius 1 is 1.20 bits per heavy atom. The van der Waals surface area contributed by atoms with Crippen molar-refractivity contribution in [3.05, 3.63) is 45.7 Å². The number of aromatic nitrogens is 3. The number of aryl methyl sites for hydroxylation is 2. The van der Waals surface area contributed by atoms with Gasteiger partial charge in [-0.2, -0.15) is 0 Å². The molecule has 0 unspecified atom stereocenters. The van der Waals surface area contributed by atoms with Gasteiger partial charge in [0.25, 0.3) is 0 Å². The van der Waals surface area contributed by atoms with Crippen molar-refractivity contribution in [3.63, 3.8) is 0 Å². The minimum atomic E-state index is 0.597. The van der Waals surface area contributed by atoms with Crippen molar-refractivity contribution in [2.24, 2.45) is 4.99 Å². The minimum Gasteiger partial charge on any atom is -0.357 e. The molecule has 3 rings (SSSR count). The number of nitrogens with one attached hydrogen (secondary N) is 3. The highest BCUT2D eigenvalue weighted by molar-refractivity contribution is 7.11. The normalized spacial score (nSPS) is 11.9. The van der Waals surface area contributed by atoms with E-state index in [1.54, 1.807) is 11.3 Å². The molecule has 2 heterocycles. The Labute approximate surface area is 151 Å². The predicted molar refractivity (Wildman–Crippen MR) is 104 cm³/mol. The number of hydrogen-bond donors (Lipinski definition) is 3. The van der Waals surface area contributed by atoms with Gasteiger partial charge in [-0.15, -0.1) is 11.3 Å². The molecule has 3 aromatic rings. The summed E-state index contributed by atoms with van der Waals surface area (Å²) in [5, 5.41) is 7.68. The molecule has 0 atom stereocenters. The van der Waals surface area contributed by atoms with Crippen molar-refractivity contribution in [1.29, 1.82) is 0 Å². The van der Waals surface area contributed by atoms with Crippen molar-refractivity contribution in [2.45, 2.75) is 33.7 Å². The van der Waals surface area contributed by atoms with E-state index in [1.807, 2.05) is 31.2 Å². The monoisotopic (exact) mass is 356 g/mol. The Morgan fingerprint density at radius 3 is 2.76 bits per heavy atom. The predicted octanol–water partition coefficient (Wildman–Crippen LogP) is 2.93. The van der Waals surface area contributed by atoms with Gasteiger partial charge in [-0.05, 0) is 32.9 Å². The number of rotatable bonds is 6. The lowest BCUT2D eigenvalue weighted by Gasteiger charge is -2.10. The molecule has 1 aromatic carbocycles. The van der Waals surface area contributed by atoms with E-state index in [0.29, 0.717) is 6.54 Å². The summed E-state index contributed by atoms with van der Waals surface area (Å²) in [6.45, 7) is 8.38. The summed E-state index contributed by atoms with van der Waals surface area (Å²) in [6.07, 6.45) is 0.814. The first kappa shape index (κ1) is 17.4. The van der Waals surface area contributed by atoms with E-state index >= 15 is 0 Å². The minimum absolute atomic E-state index is 0.597. The van der Waals surface area contributed by atoms with E-state index in [4.69, 9.17) is 0 Å². The molecule has 0 fully saturated rings. The van der Waals surface area contributed by atoms with Crippen molar-refractivity contribution in [3.8, 4) is 0 Å². The zero-order valence-electron chi connectivity index (χ0n) is 14.9. The molecule has 3 N–H and O–H groups in total. The number of H-pyrrole nitrogens is 1. The highest BCUT2D eigenvalue weighted by Gasteiger charge is 2.05. The summed E-state index contributed by atoms with van der Waals surface area (Å²) in [5.74, 6) is 1.79. The van der Waals surface area contributed by atoms with E-state index in [1.165, 1.54) is 4.88 Å². The number of aromatic amines is 1. The maximum absolute atomic E-state index is 4.62. The summed E-state index contributed by atoms with van der Waals surface area (Å²) in [6, 6.07) is 8.08. The first-order valence-corrected chi connectivity index (χ1v) is 9.36. The van der Waals surface area contributed by atoms with E-state index in [2.05, 4.69) is 44.4 Å². The van der Waals surface area contributed by atoms with Crippen LogP contribution in [0, 0.1) is 13.8 Å². The summed E-state index contributed by atoms with van der Waals surface area (Å²) in [5.41, 5.74) is 3.18. The Bertz CT molecular complexity index is 811. The quantitative estimate of drug-likeness (QED) is 0.469. The zero-order chi connectivity index (χ0) is 17.6. The number of fused-ring (bicyclic) bond motifs is 1. The maximum Gasteiger partial charge on any atom is 0.191 e. The van der Waals surface area contributed by atoms with Gasteiger partial charge in [0.05, 0.1) is 23.3 Å². The van der Waals surface area contributed by atoms with Crippen LogP contribution in [0.4, 0.5) is 0 Å². The van der Waals surface area contributed by atoms with E-state index in [9.17, 15) is 0 Å². The zero-order valence-corrected chi connectivity index (χ0v) is 15.7. The topological polar surface area (TPSA) is 78.0 Å². The fourth-order valence-electron chi connectivity index (χ4n) is 2.52. The summed E-state index contributed by atoms with van der Waals surface area (Å²) >= 11 is 1.71. The average Bonchev–Trinajstić information content (AvgIpc) is 3.15. The van der Waals surface area contributed by atoms with Crippen LogP contribution >= 0.6 is 11.3 Å². The van der Waals surface area contributed by atoms with Gasteiger partial charge in [0, 0.05) is 24.4 Å². The Morgan fingerprint density at radius 2 is 2.04 bits per heavy atom. The van der Waals surface area contributed by atoms with Crippen LogP contribution in [-0.4, -0.2) is 34.0 Å². The fraction of sp³-hybridized carbons (Fsp3) is 0.389. The SMILES string of the molecule is CCNC(=NCc1nc(C)c(C)s1)NCCc1nc2ccccc2[nH]1. The van der Waals surface area contributed by atoms with Crippen LogP contribution in [0.1, 0.15) is 28.3 Å². The number of para-hydroxylation sites is 2. The lowest BCUT2D eigenvalue weighted by atomic mass is 10.3. The number of imidazole rings is 1. The van der Waals surface area contributed by atoms with Crippen LogP contribution in [0.2, 0.25) is 0 Å². The third kappa shape index (κ3) is 4.57. The molecular formula is C18H24N6S. The third-order valence-corrected chi connectivity index (χ3v) is 4.94. The second kappa shape index (κ2) is 8.11. The van der Waals surface area contributed by atoms with Crippen molar-refractivity contribution < 1.29 is 0 Å². The van der Waals surface area contributed by atoms with Crippen molar-refractivity contribution >= 4 is 28.3 Å². The molecule has 0 radical (unpaired) electrons. The van der Waals surface area contributed by atoms with Gasteiger partial charge >= 0.3 is 0 Å². The maximum atomic E-state index is 4.62. The Hall–Kier alpha value is -2.41. The largest absolute Gasteiger partial charge is 0.357 e. The first-order valence-electron chi connectivity index (χ1n) is 8.54. The highest BCUT2D eigenvalue weighted by atomic mass is 32.1. The number of benzene rings is 1. The van der Waals surface area contributed by atoms with Crippen LogP contribution < -0.4 is 10.6 Å². The summed E-state index contributed by atoms with van der Waals surface area (Å²) < 4.78 is 0. The Balaban J connectivity index is 1.56. The molecule has 0 aliphatic heterocycles. The molecule has 0 amide bonds. The van der Waals surface area contributed by atoms with Gasteiger partial charge in [-0.25, -0.2) is 15.0 Å². The highest BCUT2D eigenvalue weighted by Crippen LogP contribution is 2.16. The lowest BCUT2D eigenvalue weighted by molar-refractivity contribution is 0.779. The van der Waals surface area contributed by atoms with E-state index in [-0.39, 0.29) is 0 Å². The van der Waals surface area contributed by atoms with E-state index in [0.717, 1.165) is 53.0 Å². The van der Waals surface area contributed by atoms with Gasteiger partial charge in [0.1, 0.15) is 10.8 Å². The first-order chi connectivity index (χ1) is 12.2. The molecule has 0 saturated heterocycles. The number of hydrogen-bond acceptors (Lipinski definition) is 4. The van der Waals surface area contributed by atoms with Gasteiger partial charge in [0.15, 0.2) is 5.96 Å². The second-order valence-electron chi connectivity index (χ2n) is 5.82. The molecule has 0 saturated carbocycles. The van der Waals surface area contributed by atoms with Crippen molar-refractivity contribution in [1.82, 2.24) is 25.6 Å². The van der Waals surface area contributed by atoms with Gasteiger partial charge < -0.3 is 15.6 Å². The summed E-state index contributed by atoms with van der Waals surface area (Å²) in [4.78, 5) is 18.4. The molecule has 25 heavy (non-hydrogen) atoms. The molecule has 0 bridgehead atoms. The molecule has 0 spiro atoms. The third-order valence-electron chi connectivity index (χ3n) is 3.88. The van der Waals surface area contributed by atoms with Crippen LogP contribution in [0.3, 0.4) is 0 Å². The van der Waals surface area contributed by atoms with Crippen molar-refractivity contribution in [2.75, 3.05) is 13.1 Å². The average molecular weight is 356 g/mol. The molecule has 132 valence electrons. The molecule has 2 aromatic heterocycles. The van der Waals surface area contributed by atoms with Crippen LogP contribution in [-0.2, 0) is 13.0 Å². The number of guanidine groups is 1. The van der Waals surface area contributed by atoms with Gasteiger partial charge in [-0.3, -0.25) is 0 Å². The molecule has 0 aliphatic rings. The molecule has 7 heteroatoms. The molecule has 6 nitrogen and oxygen atoms in total. The number of nitrogens with zero attached hydrogens (tertiary/aromatic N) is 3. The fourth-order valence-corrected chi connectivity index (χ4v) is 3.38. The van der Waals surface area contributed by atoms with Gasteiger partial charge in [0.2, 0.25) is 0 Å². The molecule has 0 aliphatic carbocycles. The second-order valence-corrected chi connectivity index (χ2v) is 7.11. The summed E-state index contributed by atoms with van der Waals surface area (Å²) in [7, 11) is 0. The van der Waals surface area contributed by atoms with Crippen LogP contribution in [0.25, 0.3) is 11.0 Å². The number of thiazole rings is 1. The lowest BCUT2D eigenvalue weighted by Crippen LogP contribution is -2.38. The molecular weight excluding hydrogens is 332 g/mol. The van der Waals surface area contributed by atoms with E-state index < -0.39 is 0 Å². The van der Waals surface area contributed by atoms with Crippen LogP contribution in [0.15, 0.2) is 29.3 Å². The van der Waals surface area contributed by atoms with Gasteiger partial charge in [-0.1, -0.05) is 12.1 Å².